The Morgan fingerprint density at radius 2 is 0.824 bits per heavy atom. The maximum atomic E-state index is 9.18. The van der Waals surface area contributed by atoms with Crippen LogP contribution in [0.5, 0.6) is 0 Å². The van der Waals surface area contributed by atoms with Gasteiger partial charge in [0.2, 0.25) is 0 Å². The van der Waals surface area contributed by atoms with E-state index >= 15 is 0 Å². The molecular weight excluding hydrogens is 625 g/mol. The normalized spacial score (nSPS) is 11.1. The Kier molecular flexibility index (Phi) is 7.46. The average molecular weight is 653 g/mol. The van der Waals surface area contributed by atoms with Gasteiger partial charge in [0.05, 0.1) is 11.6 Å². The van der Waals surface area contributed by atoms with Crippen molar-refractivity contribution < 1.29 is 4.42 Å². The van der Waals surface area contributed by atoms with Crippen molar-refractivity contribution in [3.63, 3.8) is 0 Å². The van der Waals surface area contributed by atoms with E-state index in [2.05, 4.69) is 78.9 Å². The summed E-state index contributed by atoms with van der Waals surface area (Å²) < 4.78 is 6.60. The first-order chi connectivity index (χ1) is 25.2. The van der Waals surface area contributed by atoms with Gasteiger partial charge in [-0.05, 0) is 52.1 Å². The van der Waals surface area contributed by atoms with Gasteiger partial charge in [-0.15, -0.1) is 0 Å². The summed E-state index contributed by atoms with van der Waals surface area (Å²) in [6.07, 6.45) is 0. The molecule has 2 heterocycles. The van der Waals surface area contributed by atoms with Crippen molar-refractivity contribution in [2.45, 2.75) is 0 Å². The molecule has 0 spiro atoms. The largest absolute Gasteiger partial charge is 0.455 e. The third kappa shape index (κ3) is 5.61. The average Bonchev–Trinajstić information content (AvgIpc) is 3.61. The third-order valence-corrected chi connectivity index (χ3v) is 9.22. The number of hydrogen-bond acceptors (Lipinski definition) is 5. The SMILES string of the molecule is N#Cc1ccc(-c2ccc(-c3ccc(-c4ccc(-c5nc(-c6ccccc6)nc(-c6ccccc6)n5)cc4)c4oc5ccccc5c34)cc2)cc1. The fourth-order valence-electron chi connectivity index (χ4n) is 6.61. The highest BCUT2D eigenvalue weighted by Crippen LogP contribution is 2.42. The van der Waals surface area contributed by atoms with Crippen LogP contribution in [0, 0.1) is 11.3 Å². The Morgan fingerprint density at radius 3 is 1.39 bits per heavy atom. The van der Waals surface area contributed by atoms with Gasteiger partial charge in [-0.2, -0.15) is 5.26 Å². The number of nitrogens with zero attached hydrogens (tertiary/aromatic N) is 4. The molecule has 0 bridgehead atoms. The van der Waals surface area contributed by atoms with Crippen molar-refractivity contribution in [3.05, 3.63) is 175 Å². The summed E-state index contributed by atoms with van der Waals surface area (Å²) in [7, 11) is 0. The number of hydrogen-bond donors (Lipinski definition) is 0. The molecule has 0 atom stereocenters. The van der Waals surface area contributed by atoms with E-state index in [-0.39, 0.29) is 0 Å². The maximum absolute atomic E-state index is 9.18. The quantitative estimate of drug-likeness (QED) is 0.179. The molecule has 0 aliphatic rings. The molecule has 7 aromatic carbocycles. The Balaban J connectivity index is 1.11. The van der Waals surface area contributed by atoms with E-state index in [1.54, 1.807) is 0 Å². The van der Waals surface area contributed by atoms with E-state index in [0.29, 0.717) is 23.0 Å². The van der Waals surface area contributed by atoms with Crippen molar-refractivity contribution in [1.29, 1.82) is 5.26 Å². The van der Waals surface area contributed by atoms with Gasteiger partial charge in [0.25, 0.3) is 0 Å². The van der Waals surface area contributed by atoms with Crippen molar-refractivity contribution >= 4 is 21.9 Å². The van der Waals surface area contributed by atoms with E-state index in [1.165, 1.54) is 0 Å². The first-order valence-corrected chi connectivity index (χ1v) is 16.7. The Labute approximate surface area is 294 Å². The van der Waals surface area contributed by atoms with Crippen LogP contribution in [-0.4, -0.2) is 15.0 Å². The molecule has 5 heteroatoms. The summed E-state index contributed by atoms with van der Waals surface area (Å²) in [5.74, 6) is 1.88. The van der Waals surface area contributed by atoms with E-state index < -0.39 is 0 Å². The number of aromatic nitrogens is 3. The van der Waals surface area contributed by atoms with Crippen LogP contribution in [-0.2, 0) is 0 Å². The highest BCUT2D eigenvalue weighted by atomic mass is 16.3. The fraction of sp³-hybridized carbons (Fsp3) is 0. The zero-order valence-electron chi connectivity index (χ0n) is 27.4. The number of rotatable bonds is 6. The van der Waals surface area contributed by atoms with Gasteiger partial charge < -0.3 is 4.42 Å². The van der Waals surface area contributed by atoms with Gasteiger partial charge in [0.1, 0.15) is 11.2 Å². The van der Waals surface area contributed by atoms with Gasteiger partial charge in [-0.1, -0.05) is 146 Å². The Bertz CT molecular complexity index is 2650. The highest BCUT2D eigenvalue weighted by Gasteiger charge is 2.18. The number of nitriles is 1. The molecule has 0 radical (unpaired) electrons. The van der Waals surface area contributed by atoms with Crippen LogP contribution < -0.4 is 0 Å². The van der Waals surface area contributed by atoms with Crippen LogP contribution in [0.3, 0.4) is 0 Å². The molecule has 0 fully saturated rings. The first-order valence-electron chi connectivity index (χ1n) is 16.7. The molecule has 9 rings (SSSR count). The molecular formula is C46H28N4O. The minimum absolute atomic E-state index is 0.614. The zero-order chi connectivity index (χ0) is 34.1. The lowest BCUT2D eigenvalue weighted by molar-refractivity contribution is 0.670. The number of para-hydroxylation sites is 1. The van der Waals surface area contributed by atoms with Gasteiger partial charge in [-0.25, -0.2) is 15.0 Å². The lowest BCUT2D eigenvalue weighted by Gasteiger charge is -2.11. The minimum atomic E-state index is 0.614. The lowest BCUT2D eigenvalue weighted by Crippen LogP contribution is -2.00. The Morgan fingerprint density at radius 1 is 0.392 bits per heavy atom. The van der Waals surface area contributed by atoms with E-state index in [0.717, 1.165) is 72.0 Å². The van der Waals surface area contributed by atoms with Crippen molar-refractivity contribution in [3.8, 4) is 73.6 Å². The molecule has 0 saturated heterocycles. The number of benzene rings is 7. The van der Waals surface area contributed by atoms with Gasteiger partial charge in [0, 0.05) is 33.0 Å². The molecule has 0 unspecified atom stereocenters. The van der Waals surface area contributed by atoms with E-state index in [1.807, 2.05) is 97.1 Å². The van der Waals surface area contributed by atoms with Crippen molar-refractivity contribution in [1.82, 2.24) is 15.0 Å². The number of furan rings is 1. The second-order valence-electron chi connectivity index (χ2n) is 12.3. The molecule has 51 heavy (non-hydrogen) atoms. The van der Waals surface area contributed by atoms with Gasteiger partial charge >= 0.3 is 0 Å². The first kappa shape index (κ1) is 29.9. The van der Waals surface area contributed by atoms with Crippen LogP contribution >= 0.6 is 0 Å². The maximum Gasteiger partial charge on any atom is 0.164 e. The lowest BCUT2D eigenvalue weighted by atomic mass is 9.93. The zero-order valence-corrected chi connectivity index (χ0v) is 27.4. The van der Waals surface area contributed by atoms with E-state index in [9.17, 15) is 5.26 Å². The van der Waals surface area contributed by atoms with Crippen LogP contribution in [0.2, 0.25) is 0 Å². The second-order valence-corrected chi connectivity index (χ2v) is 12.3. The van der Waals surface area contributed by atoms with Crippen LogP contribution in [0.25, 0.3) is 89.5 Å². The van der Waals surface area contributed by atoms with Crippen molar-refractivity contribution in [2.24, 2.45) is 0 Å². The number of fused-ring (bicyclic) bond motifs is 3. The van der Waals surface area contributed by atoms with Crippen molar-refractivity contribution in [2.75, 3.05) is 0 Å². The molecule has 2 aromatic heterocycles. The third-order valence-electron chi connectivity index (χ3n) is 9.22. The second kappa shape index (κ2) is 12.7. The van der Waals surface area contributed by atoms with Crippen LogP contribution in [0.1, 0.15) is 5.56 Å². The summed E-state index contributed by atoms with van der Waals surface area (Å²) >= 11 is 0. The predicted octanol–water partition coefficient (Wildman–Crippen LogP) is 11.6. The van der Waals surface area contributed by atoms with Gasteiger partial charge in [-0.3, -0.25) is 0 Å². The standard InChI is InChI=1S/C46H28N4O/c47-29-30-15-17-31(18-16-30)32-19-21-33(22-20-32)38-27-28-39(43-42(38)40-13-7-8-14-41(40)51-43)34-23-25-37(26-24-34)46-49-44(35-9-3-1-4-10-35)48-45(50-46)36-11-5-2-6-12-36/h1-28H. The monoisotopic (exact) mass is 652 g/mol. The summed E-state index contributed by atoms with van der Waals surface area (Å²) in [5.41, 5.74) is 11.5. The summed E-state index contributed by atoms with van der Waals surface area (Å²) in [6, 6.07) is 59.3. The molecule has 238 valence electrons. The van der Waals surface area contributed by atoms with Gasteiger partial charge in [0.15, 0.2) is 17.5 Å². The van der Waals surface area contributed by atoms with Crippen LogP contribution in [0.15, 0.2) is 174 Å². The highest BCUT2D eigenvalue weighted by molar-refractivity contribution is 6.16. The Hall–Kier alpha value is -7.16. The molecule has 0 amide bonds. The molecule has 0 aliphatic carbocycles. The summed E-state index contributed by atoms with van der Waals surface area (Å²) in [6.45, 7) is 0. The molecule has 0 N–H and O–H groups in total. The summed E-state index contributed by atoms with van der Waals surface area (Å²) in [4.78, 5) is 14.6. The van der Waals surface area contributed by atoms with Crippen LogP contribution in [0.4, 0.5) is 0 Å². The molecule has 0 saturated carbocycles. The minimum Gasteiger partial charge on any atom is -0.455 e. The molecule has 9 aromatic rings. The molecule has 5 nitrogen and oxygen atoms in total. The fourth-order valence-corrected chi connectivity index (χ4v) is 6.61. The molecule has 0 aliphatic heterocycles. The van der Waals surface area contributed by atoms with E-state index in [4.69, 9.17) is 19.4 Å². The predicted molar refractivity (Wildman–Crippen MR) is 204 cm³/mol. The summed E-state index contributed by atoms with van der Waals surface area (Å²) in [5, 5.41) is 11.3. The smallest absolute Gasteiger partial charge is 0.164 e. The topological polar surface area (TPSA) is 75.6 Å².